The Hall–Kier alpha value is -1.40. The Kier molecular flexibility index (Phi) is 3.21. The number of hydrogen-bond donors (Lipinski definition) is 1. The Morgan fingerprint density at radius 3 is 2.75 bits per heavy atom. The molecule has 1 N–H and O–H groups in total. The number of piperazine rings is 1. The van der Waals surface area contributed by atoms with Gasteiger partial charge in [-0.25, -0.2) is 0 Å². The molecule has 1 aromatic heterocycles. The largest absolute Gasteiger partial charge is 0.347 e. The zero-order valence-corrected chi connectivity index (χ0v) is 9.35. The zero-order chi connectivity index (χ0) is 11.5. The summed E-state index contributed by atoms with van der Waals surface area (Å²) in [5, 5.41) is 13.9. The van der Waals surface area contributed by atoms with E-state index in [2.05, 4.69) is 10.2 Å². The van der Waals surface area contributed by atoms with Gasteiger partial charge in [0.25, 0.3) is 5.69 Å². The van der Waals surface area contributed by atoms with Gasteiger partial charge in [-0.2, -0.15) is 0 Å². The Labute approximate surface area is 94.0 Å². The van der Waals surface area contributed by atoms with Gasteiger partial charge in [-0.05, 0) is 0 Å². The Morgan fingerprint density at radius 1 is 1.50 bits per heavy atom. The second kappa shape index (κ2) is 4.63. The minimum atomic E-state index is -0.346. The summed E-state index contributed by atoms with van der Waals surface area (Å²) in [7, 11) is 1.85. The molecule has 6 heteroatoms. The van der Waals surface area contributed by atoms with E-state index in [0.29, 0.717) is 0 Å². The van der Waals surface area contributed by atoms with Crippen LogP contribution in [0.1, 0.15) is 5.69 Å². The van der Waals surface area contributed by atoms with Crippen molar-refractivity contribution in [3.05, 3.63) is 28.1 Å². The summed E-state index contributed by atoms with van der Waals surface area (Å²) in [6.45, 7) is 4.77. The first kappa shape index (κ1) is 11.1. The molecule has 1 aliphatic rings. The van der Waals surface area contributed by atoms with E-state index < -0.39 is 0 Å². The van der Waals surface area contributed by atoms with Crippen LogP contribution in [0.15, 0.2) is 12.3 Å². The maximum atomic E-state index is 10.6. The molecule has 0 aromatic carbocycles. The molecule has 2 heterocycles. The van der Waals surface area contributed by atoms with E-state index in [-0.39, 0.29) is 10.6 Å². The van der Waals surface area contributed by atoms with Crippen LogP contribution in [0.25, 0.3) is 0 Å². The molecule has 1 aromatic rings. The average Bonchev–Trinajstić information content (AvgIpc) is 2.62. The highest BCUT2D eigenvalue weighted by molar-refractivity contribution is 5.31. The lowest BCUT2D eigenvalue weighted by Gasteiger charge is -2.27. The molecule has 0 atom stereocenters. The molecule has 0 unspecified atom stereocenters. The van der Waals surface area contributed by atoms with Crippen LogP contribution in [0.2, 0.25) is 0 Å². The van der Waals surface area contributed by atoms with Gasteiger partial charge in [0.05, 0.1) is 11.1 Å². The second-order valence-corrected chi connectivity index (χ2v) is 4.08. The van der Waals surface area contributed by atoms with Crippen LogP contribution in [0.4, 0.5) is 5.69 Å². The number of nitro groups is 1. The van der Waals surface area contributed by atoms with Crippen LogP contribution in [-0.2, 0) is 13.6 Å². The molecule has 1 aliphatic heterocycles. The third kappa shape index (κ3) is 2.40. The number of hydrogen-bond acceptors (Lipinski definition) is 4. The highest BCUT2D eigenvalue weighted by Crippen LogP contribution is 2.16. The summed E-state index contributed by atoms with van der Waals surface area (Å²) in [5.41, 5.74) is 1.17. The molecule has 6 nitrogen and oxygen atoms in total. The van der Waals surface area contributed by atoms with Crippen molar-refractivity contribution in [1.29, 1.82) is 0 Å². The maximum Gasteiger partial charge on any atom is 0.287 e. The number of aromatic nitrogens is 1. The van der Waals surface area contributed by atoms with Crippen molar-refractivity contribution in [3.8, 4) is 0 Å². The summed E-state index contributed by atoms with van der Waals surface area (Å²) >= 11 is 0. The topological polar surface area (TPSA) is 63.3 Å². The predicted octanol–water partition coefficient (Wildman–Crippen LogP) is 0.338. The van der Waals surface area contributed by atoms with Gasteiger partial charge < -0.3 is 9.88 Å². The molecule has 0 spiro atoms. The number of rotatable bonds is 3. The molecule has 0 radical (unpaired) electrons. The molecule has 0 saturated carbocycles. The third-order valence-corrected chi connectivity index (χ3v) is 2.90. The summed E-state index contributed by atoms with van der Waals surface area (Å²) in [5.74, 6) is 0. The molecular weight excluding hydrogens is 208 g/mol. The molecule has 0 bridgehead atoms. The number of aryl methyl sites for hydroxylation is 1. The van der Waals surface area contributed by atoms with Gasteiger partial charge in [-0.15, -0.1) is 0 Å². The fraction of sp³-hybridized carbons (Fsp3) is 0.600. The van der Waals surface area contributed by atoms with Crippen molar-refractivity contribution in [2.45, 2.75) is 6.54 Å². The fourth-order valence-electron chi connectivity index (χ4n) is 1.95. The van der Waals surface area contributed by atoms with E-state index in [4.69, 9.17) is 0 Å². The van der Waals surface area contributed by atoms with Gasteiger partial charge in [0.2, 0.25) is 0 Å². The first-order valence-electron chi connectivity index (χ1n) is 5.39. The van der Waals surface area contributed by atoms with Crippen LogP contribution in [0, 0.1) is 10.1 Å². The zero-order valence-electron chi connectivity index (χ0n) is 9.35. The molecule has 88 valence electrons. The number of nitrogens with one attached hydrogen (secondary N) is 1. The average molecular weight is 224 g/mol. The van der Waals surface area contributed by atoms with Gasteiger partial charge in [-0.1, -0.05) is 0 Å². The van der Waals surface area contributed by atoms with Crippen molar-refractivity contribution in [1.82, 2.24) is 14.8 Å². The van der Waals surface area contributed by atoms with Crippen LogP contribution >= 0.6 is 0 Å². The highest BCUT2D eigenvalue weighted by Gasteiger charge is 2.15. The lowest BCUT2D eigenvalue weighted by molar-refractivity contribution is -0.384. The second-order valence-electron chi connectivity index (χ2n) is 4.08. The number of nitrogens with zero attached hydrogens (tertiary/aromatic N) is 3. The van der Waals surface area contributed by atoms with Crippen LogP contribution in [0.3, 0.4) is 0 Å². The highest BCUT2D eigenvalue weighted by atomic mass is 16.6. The summed E-state index contributed by atoms with van der Waals surface area (Å²) in [6, 6.07) is 1.65. The quantitative estimate of drug-likeness (QED) is 0.594. The van der Waals surface area contributed by atoms with Crippen molar-refractivity contribution < 1.29 is 4.92 Å². The fourth-order valence-corrected chi connectivity index (χ4v) is 1.95. The van der Waals surface area contributed by atoms with Crippen molar-refractivity contribution in [2.75, 3.05) is 26.2 Å². The third-order valence-electron chi connectivity index (χ3n) is 2.90. The van der Waals surface area contributed by atoms with Gasteiger partial charge >= 0.3 is 0 Å². The standard InChI is InChI=1S/C10H16N4O2/c1-12-7-10(14(15)16)6-9(12)8-13-4-2-11-3-5-13/h6-7,11H,2-5,8H2,1H3. The van der Waals surface area contributed by atoms with Crippen molar-refractivity contribution >= 4 is 5.69 Å². The lowest BCUT2D eigenvalue weighted by atomic mass is 10.3. The summed E-state index contributed by atoms with van der Waals surface area (Å²) in [6.07, 6.45) is 1.57. The van der Waals surface area contributed by atoms with Crippen LogP contribution < -0.4 is 5.32 Å². The van der Waals surface area contributed by atoms with Gasteiger partial charge in [-0.3, -0.25) is 15.0 Å². The molecule has 16 heavy (non-hydrogen) atoms. The molecule has 0 amide bonds. The Balaban J connectivity index is 2.05. The Morgan fingerprint density at radius 2 is 2.19 bits per heavy atom. The van der Waals surface area contributed by atoms with E-state index >= 15 is 0 Å². The first-order chi connectivity index (χ1) is 7.66. The monoisotopic (exact) mass is 224 g/mol. The van der Waals surface area contributed by atoms with E-state index in [9.17, 15) is 10.1 Å². The van der Waals surface area contributed by atoms with Gasteiger partial charge in [0, 0.05) is 51.5 Å². The van der Waals surface area contributed by atoms with E-state index in [1.165, 1.54) is 0 Å². The van der Waals surface area contributed by atoms with E-state index in [1.807, 2.05) is 11.6 Å². The van der Waals surface area contributed by atoms with E-state index in [1.54, 1.807) is 12.3 Å². The molecule has 1 fully saturated rings. The summed E-state index contributed by atoms with van der Waals surface area (Å²) < 4.78 is 1.83. The smallest absolute Gasteiger partial charge is 0.287 e. The minimum absolute atomic E-state index is 0.174. The predicted molar refractivity (Wildman–Crippen MR) is 60.2 cm³/mol. The minimum Gasteiger partial charge on any atom is -0.347 e. The normalized spacial score (nSPS) is 17.6. The lowest BCUT2D eigenvalue weighted by Crippen LogP contribution is -2.43. The molecule has 1 saturated heterocycles. The van der Waals surface area contributed by atoms with Crippen molar-refractivity contribution in [3.63, 3.8) is 0 Å². The first-order valence-corrected chi connectivity index (χ1v) is 5.39. The van der Waals surface area contributed by atoms with Crippen LogP contribution in [0.5, 0.6) is 0 Å². The SMILES string of the molecule is Cn1cc([N+](=O)[O-])cc1CN1CCNCC1. The maximum absolute atomic E-state index is 10.6. The van der Waals surface area contributed by atoms with Gasteiger partial charge in [0.15, 0.2) is 0 Å². The summed E-state index contributed by atoms with van der Waals surface area (Å²) in [4.78, 5) is 12.6. The van der Waals surface area contributed by atoms with Crippen LogP contribution in [-0.4, -0.2) is 40.6 Å². The molecule has 2 rings (SSSR count). The molecular formula is C10H16N4O2. The van der Waals surface area contributed by atoms with E-state index in [0.717, 1.165) is 38.4 Å². The molecule has 0 aliphatic carbocycles. The van der Waals surface area contributed by atoms with Gasteiger partial charge in [0.1, 0.15) is 0 Å². The van der Waals surface area contributed by atoms with Crippen molar-refractivity contribution in [2.24, 2.45) is 7.05 Å². The Bertz CT molecular complexity index is 382.